The van der Waals surface area contributed by atoms with Crippen LogP contribution in [0, 0.1) is 0 Å². The molecule has 5 heterocycles. The average Bonchev–Trinajstić information content (AvgIpc) is 3.57. The summed E-state index contributed by atoms with van der Waals surface area (Å²) in [5.74, 6) is -1.41. The largest absolute Gasteiger partial charge is 0.371 e. The molecular weight excluding hydrogens is 711 g/mol. The van der Waals surface area contributed by atoms with Crippen LogP contribution in [0.25, 0.3) is 43.4 Å². The van der Waals surface area contributed by atoms with Gasteiger partial charge in [-0.2, -0.15) is 0 Å². The van der Waals surface area contributed by atoms with E-state index in [0.717, 1.165) is 107 Å². The molecule has 4 aliphatic rings. The van der Waals surface area contributed by atoms with Gasteiger partial charge in [0.2, 0.25) is 0 Å². The number of anilines is 4. The SMILES string of the molecule is CCn1c2ccc(N3C(=O)c4cccc5c(N6CCCCC6)ccc(c45)C3=O)cc2c2cc(N3C(=O)c4cccc5c(N6CCCCC6)ccc(c45)C3=O)ccc21. The smallest absolute Gasteiger partial charge is 0.265 e. The Hall–Kier alpha value is -6.48. The molecule has 1 aromatic heterocycles. The highest BCUT2D eigenvalue weighted by Crippen LogP contribution is 2.42. The van der Waals surface area contributed by atoms with Gasteiger partial charge in [-0.05, 0) is 118 Å². The third-order valence-electron chi connectivity index (χ3n) is 12.8. The first-order valence-corrected chi connectivity index (χ1v) is 20.4. The highest BCUT2D eigenvalue weighted by molar-refractivity contribution is 6.38. The number of amides is 4. The molecule has 0 radical (unpaired) electrons. The number of nitrogens with zero attached hydrogens (tertiary/aromatic N) is 5. The minimum atomic E-state index is -0.353. The van der Waals surface area contributed by atoms with Crippen LogP contribution < -0.4 is 19.6 Å². The standard InChI is InChI=1S/C48H41N5O4/c1-2-51-41-19-15-29(52-45(54)33-13-9-11-31-39(49-23-5-3-6-24-49)21-17-35(43(31)33)47(52)56)27-37(41)38-28-30(16-20-42(38)51)53-46(55)34-14-10-12-32-40(50-25-7-4-8-26-50)22-18-36(44(32)34)48(53)57/h9-22,27-28H,2-8,23-26H2,1H3. The van der Waals surface area contributed by atoms with E-state index in [1.54, 1.807) is 0 Å². The zero-order chi connectivity index (χ0) is 38.5. The number of rotatable bonds is 5. The first-order chi connectivity index (χ1) is 27.9. The van der Waals surface area contributed by atoms with Gasteiger partial charge in [-0.25, -0.2) is 9.80 Å². The highest BCUT2D eigenvalue weighted by atomic mass is 16.2. The molecule has 0 unspecified atom stereocenters. The summed E-state index contributed by atoms with van der Waals surface area (Å²) in [6, 6.07) is 30.7. The van der Waals surface area contributed by atoms with Gasteiger partial charge in [0.05, 0.1) is 11.4 Å². The van der Waals surface area contributed by atoms with Crippen molar-refractivity contribution >= 4 is 89.7 Å². The zero-order valence-corrected chi connectivity index (χ0v) is 31.9. The first-order valence-electron chi connectivity index (χ1n) is 20.4. The molecule has 0 aliphatic carbocycles. The average molecular weight is 752 g/mol. The highest BCUT2D eigenvalue weighted by Gasteiger charge is 2.37. The number of imide groups is 2. The fourth-order valence-electron chi connectivity index (χ4n) is 10.2. The Labute approximate surface area is 329 Å². The van der Waals surface area contributed by atoms with Crippen molar-refractivity contribution in [2.75, 3.05) is 45.8 Å². The van der Waals surface area contributed by atoms with E-state index < -0.39 is 0 Å². The molecule has 0 atom stereocenters. The fourth-order valence-corrected chi connectivity index (χ4v) is 10.2. The third kappa shape index (κ3) is 4.87. The maximum Gasteiger partial charge on any atom is 0.265 e. The van der Waals surface area contributed by atoms with Crippen LogP contribution in [0.1, 0.15) is 86.9 Å². The summed E-state index contributed by atoms with van der Waals surface area (Å²) in [5.41, 5.74) is 6.99. The lowest BCUT2D eigenvalue weighted by Crippen LogP contribution is -2.40. The van der Waals surface area contributed by atoms with Crippen molar-refractivity contribution in [2.45, 2.75) is 52.0 Å². The van der Waals surface area contributed by atoms with Gasteiger partial charge in [0, 0.05) is 110 Å². The molecule has 0 saturated carbocycles. The van der Waals surface area contributed by atoms with E-state index in [-0.39, 0.29) is 23.6 Å². The fraction of sp³-hybridized carbons (Fsp3) is 0.250. The van der Waals surface area contributed by atoms with E-state index >= 15 is 0 Å². The number of aryl methyl sites for hydroxylation is 1. The minimum Gasteiger partial charge on any atom is -0.371 e. The van der Waals surface area contributed by atoms with Crippen molar-refractivity contribution in [1.29, 1.82) is 0 Å². The summed E-state index contributed by atoms with van der Waals surface area (Å²) in [5, 5.41) is 4.95. The van der Waals surface area contributed by atoms with Crippen LogP contribution in [0.3, 0.4) is 0 Å². The molecule has 7 aromatic rings. The molecule has 4 aliphatic heterocycles. The second-order valence-electron chi connectivity index (χ2n) is 15.9. The Kier molecular flexibility index (Phi) is 7.58. The molecule has 0 bridgehead atoms. The molecular formula is C48H41N5O4. The second kappa shape index (κ2) is 12.8. The van der Waals surface area contributed by atoms with Crippen molar-refractivity contribution in [3.05, 3.63) is 119 Å². The first kappa shape index (κ1) is 33.8. The quantitative estimate of drug-likeness (QED) is 0.163. The predicted molar refractivity (Wildman–Crippen MR) is 227 cm³/mol. The Bertz CT molecular complexity index is 2680. The molecule has 4 amide bonds. The summed E-state index contributed by atoms with van der Waals surface area (Å²) in [7, 11) is 0. The van der Waals surface area contributed by atoms with Crippen LogP contribution in [-0.4, -0.2) is 54.4 Å². The van der Waals surface area contributed by atoms with E-state index in [0.29, 0.717) is 40.2 Å². The lowest BCUT2D eigenvalue weighted by molar-refractivity contribution is 0.0877. The van der Waals surface area contributed by atoms with Gasteiger partial charge in [-0.1, -0.05) is 24.3 Å². The van der Waals surface area contributed by atoms with E-state index in [4.69, 9.17) is 0 Å². The summed E-state index contributed by atoms with van der Waals surface area (Å²) >= 11 is 0. The van der Waals surface area contributed by atoms with Crippen molar-refractivity contribution in [2.24, 2.45) is 0 Å². The third-order valence-corrected chi connectivity index (χ3v) is 12.8. The van der Waals surface area contributed by atoms with E-state index in [1.807, 2.05) is 97.1 Å². The molecule has 0 spiro atoms. The Morgan fingerprint density at radius 2 is 0.842 bits per heavy atom. The summed E-state index contributed by atoms with van der Waals surface area (Å²) in [6.07, 6.45) is 6.94. The van der Waals surface area contributed by atoms with Gasteiger partial charge < -0.3 is 14.4 Å². The van der Waals surface area contributed by atoms with Crippen LogP contribution in [0.5, 0.6) is 0 Å². The van der Waals surface area contributed by atoms with Gasteiger partial charge in [-0.15, -0.1) is 0 Å². The summed E-state index contributed by atoms with van der Waals surface area (Å²) < 4.78 is 2.17. The lowest BCUT2D eigenvalue weighted by atomic mass is 9.91. The van der Waals surface area contributed by atoms with Crippen LogP contribution in [0.15, 0.2) is 97.1 Å². The number of fused-ring (bicyclic) bond motifs is 3. The topological polar surface area (TPSA) is 86.2 Å². The van der Waals surface area contributed by atoms with Gasteiger partial charge in [0.1, 0.15) is 0 Å². The molecule has 2 fully saturated rings. The maximum atomic E-state index is 14.4. The summed E-state index contributed by atoms with van der Waals surface area (Å²) in [4.78, 5) is 64.9. The maximum absolute atomic E-state index is 14.4. The van der Waals surface area contributed by atoms with Crippen molar-refractivity contribution in [3.63, 3.8) is 0 Å². The Morgan fingerprint density at radius 1 is 0.439 bits per heavy atom. The van der Waals surface area contributed by atoms with E-state index in [9.17, 15) is 19.2 Å². The second-order valence-corrected chi connectivity index (χ2v) is 15.9. The zero-order valence-electron chi connectivity index (χ0n) is 31.9. The Morgan fingerprint density at radius 3 is 1.25 bits per heavy atom. The molecule has 2 saturated heterocycles. The lowest BCUT2D eigenvalue weighted by Gasteiger charge is -2.32. The molecule has 11 rings (SSSR count). The van der Waals surface area contributed by atoms with Crippen molar-refractivity contribution < 1.29 is 19.2 Å². The number of hydrogen-bond donors (Lipinski definition) is 0. The van der Waals surface area contributed by atoms with Crippen molar-refractivity contribution in [3.8, 4) is 0 Å². The van der Waals surface area contributed by atoms with Gasteiger partial charge in [-0.3, -0.25) is 19.2 Å². The monoisotopic (exact) mass is 751 g/mol. The minimum absolute atomic E-state index is 0.353. The van der Waals surface area contributed by atoms with Crippen molar-refractivity contribution in [1.82, 2.24) is 4.57 Å². The molecule has 282 valence electrons. The van der Waals surface area contributed by atoms with E-state index in [2.05, 4.69) is 21.3 Å². The van der Waals surface area contributed by atoms with Gasteiger partial charge >= 0.3 is 0 Å². The number of hydrogen-bond acceptors (Lipinski definition) is 6. The number of carbonyl (C=O) groups excluding carboxylic acids is 4. The Balaban J connectivity index is 1.00. The van der Waals surface area contributed by atoms with Crippen LogP contribution in [0.2, 0.25) is 0 Å². The number of benzene rings is 6. The molecule has 9 nitrogen and oxygen atoms in total. The summed E-state index contributed by atoms with van der Waals surface area (Å²) in [6.45, 7) is 6.59. The predicted octanol–water partition coefficient (Wildman–Crippen LogP) is 9.70. The van der Waals surface area contributed by atoms with Gasteiger partial charge in [0.25, 0.3) is 23.6 Å². The molecule has 0 N–H and O–H groups in total. The van der Waals surface area contributed by atoms with E-state index in [1.165, 1.54) is 22.6 Å². The van der Waals surface area contributed by atoms with Crippen LogP contribution in [-0.2, 0) is 6.54 Å². The normalized spacial score (nSPS) is 17.3. The number of aromatic nitrogens is 1. The molecule has 57 heavy (non-hydrogen) atoms. The molecule has 6 aromatic carbocycles. The molecule has 9 heteroatoms. The number of piperidine rings is 2. The van der Waals surface area contributed by atoms with Crippen LogP contribution >= 0.6 is 0 Å². The number of carbonyl (C=O) groups is 4. The van der Waals surface area contributed by atoms with Crippen LogP contribution in [0.4, 0.5) is 22.7 Å². The van der Waals surface area contributed by atoms with Gasteiger partial charge in [0.15, 0.2) is 0 Å².